The maximum atomic E-state index is 11.5. The topological polar surface area (TPSA) is 62.5 Å². The van der Waals surface area contributed by atoms with Gasteiger partial charge >= 0.3 is 0 Å². The highest BCUT2D eigenvalue weighted by atomic mass is 16.1. The Kier molecular flexibility index (Phi) is 4.39. The molecule has 0 spiro atoms. The van der Waals surface area contributed by atoms with E-state index in [9.17, 15) is 4.79 Å². The van der Waals surface area contributed by atoms with Crippen molar-refractivity contribution < 1.29 is 4.79 Å². The molecule has 1 amide bonds. The van der Waals surface area contributed by atoms with Gasteiger partial charge in [0.2, 0.25) is 0 Å². The highest BCUT2D eigenvalue weighted by Crippen LogP contribution is 2.26. The summed E-state index contributed by atoms with van der Waals surface area (Å²) in [6.45, 7) is 5.17. The first kappa shape index (κ1) is 14.3. The first-order valence-corrected chi connectivity index (χ1v) is 7.96. The van der Waals surface area contributed by atoms with Crippen molar-refractivity contribution in [2.24, 2.45) is 11.7 Å². The number of carbonyl (C=O) groups excluding carboxylic acids is 1. The van der Waals surface area contributed by atoms with Gasteiger partial charge in [0.15, 0.2) is 0 Å². The summed E-state index contributed by atoms with van der Waals surface area (Å²) in [4.78, 5) is 20.6. The SMILES string of the molecule is NC(=O)c1cccnc1N1CCN(CC2CCCC2)CC1. The van der Waals surface area contributed by atoms with E-state index >= 15 is 0 Å². The minimum atomic E-state index is -0.397. The highest BCUT2D eigenvalue weighted by molar-refractivity contribution is 5.97. The number of carbonyl (C=O) groups is 1. The number of anilines is 1. The quantitative estimate of drug-likeness (QED) is 0.912. The van der Waals surface area contributed by atoms with Crippen molar-refractivity contribution in [2.75, 3.05) is 37.6 Å². The summed E-state index contributed by atoms with van der Waals surface area (Å²) in [5.74, 6) is 1.24. The zero-order valence-corrected chi connectivity index (χ0v) is 12.5. The van der Waals surface area contributed by atoms with Gasteiger partial charge < -0.3 is 10.6 Å². The molecule has 0 radical (unpaired) electrons. The van der Waals surface area contributed by atoms with E-state index in [2.05, 4.69) is 14.8 Å². The summed E-state index contributed by atoms with van der Waals surface area (Å²) >= 11 is 0. The van der Waals surface area contributed by atoms with Crippen molar-refractivity contribution in [1.82, 2.24) is 9.88 Å². The van der Waals surface area contributed by atoms with Crippen LogP contribution < -0.4 is 10.6 Å². The van der Waals surface area contributed by atoms with Gasteiger partial charge in [0.1, 0.15) is 5.82 Å². The van der Waals surface area contributed by atoms with Crippen LogP contribution in [0.5, 0.6) is 0 Å². The van der Waals surface area contributed by atoms with Crippen LogP contribution in [0.4, 0.5) is 5.82 Å². The first-order chi connectivity index (χ1) is 10.2. The molecule has 1 saturated carbocycles. The Morgan fingerprint density at radius 2 is 1.95 bits per heavy atom. The number of primary amides is 1. The monoisotopic (exact) mass is 288 g/mol. The Bertz CT molecular complexity index is 491. The van der Waals surface area contributed by atoms with Gasteiger partial charge in [-0.25, -0.2) is 4.98 Å². The summed E-state index contributed by atoms with van der Waals surface area (Å²) in [5.41, 5.74) is 5.97. The lowest BCUT2D eigenvalue weighted by Crippen LogP contribution is -2.48. The van der Waals surface area contributed by atoms with Crippen molar-refractivity contribution in [3.05, 3.63) is 23.9 Å². The molecule has 5 heteroatoms. The summed E-state index contributed by atoms with van der Waals surface area (Å²) < 4.78 is 0. The van der Waals surface area contributed by atoms with Gasteiger partial charge in [-0.3, -0.25) is 9.69 Å². The molecule has 2 aliphatic rings. The lowest BCUT2D eigenvalue weighted by Gasteiger charge is -2.37. The van der Waals surface area contributed by atoms with Gasteiger partial charge in [-0.1, -0.05) is 12.8 Å². The van der Waals surface area contributed by atoms with E-state index in [-0.39, 0.29) is 0 Å². The predicted molar refractivity (Wildman–Crippen MR) is 83.4 cm³/mol. The molecule has 5 nitrogen and oxygen atoms in total. The average molecular weight is 288 g/mol. The lowest BCUT2D eigenvalue weighted by atomic mass is 10.1. The van der Waals surface area contributed by atoms with E-state index in [0.29, 0.717) is 5.56 Å². The second-order valence-corrected chi connectivity index (χ2v) is 6.18. The Labute approximate surface area is 126 Å². The molecular formula is C16H24N4O. The second kappa shape index (κ2) is 6.43. The summed E-state index contributed by atoms with van der Waals surface area (Å²) in [6.07, 6.45) is 7.33. The number of piperazine rings is 1. The molecule has 0 bridgehead atoms. The molecule has 0 aromatic carbocycles. The molecule has 21 heavy (non-hydrogen) atoms. The predicted octanol–water partition coefficient (Wildman–Crippen LogP) is 1.49. The van der Waals surface area contributed by atoms with Gasteiger partial charge in [-0.05, 0) is 30.9 Å². The number of hydrogen-bond acceptors (Lipinski definition) is 4. The van der Waals surface area contributed by atoms with Crippen LogP contribution in [0, 0.1) is 5.92 Å². The van der Waals surface area contributed by atoms with E-state index in [0.717, 1.165) is 37.9 Å². The molecule has 2 fully saturated rings. The normalized spacial score (nSPS) is 20.9. The number of hydrogen-bond donors (Lipinski definition) is 1. The number of nitrogens with zero attached hydrogens (tertiary/aromatic N) is 3. The van der Waals surface area contributed by atoms with Crippen LogP contribution >= 0.6 is 0 Å². The standard InChI is InChI=1S/C16H24N4O/c17-15(21)14-6-3-7-18-16(14)20-10-8-19(9-11-20)12-13-4-1-2-5-13/h3,6-7,13H,1-2,4-5,8-12H2,(H2,17,21). The molecule has 1 aromatic heterocycles. The van der Waals surface area contributed by atoms with Crippen molar-refractivity contribution in [1.29, 1.82) is 0 Å². The molecule has 114 valence electrons. The minimum Gasteiger partial charge on any atom is -0.365 e. The molecule has 1 aliphatic heterocycles. The van der Waals surface area contributed by atoms with Crippen molar-refractivity contribution in [3.8, 4) is 0 Å². The third-order valence-electron chi connectivity index (χ3n) is 4.72. The Balaban J connectivity index is 1.59. The third-order valence-corrected chi connectivity index (χ3v) is 4.72. The lowest BCUT2D eigenvalue weighted by molar-refractivity contribution is 0.1000. The van der Waals surface area contributed by atoms with Gasteiger partial charge in [0.05, 0.1) is 5.56 Å². The number of rotatable bonds is 4. The Hall–Kier alpha value is -1.62. The van der Waals surface area contributed by atoms with E-state index in [4.69, 9.17) is 5.73 Å². The first-order valence-electron chi connectivity index (χ1n) is 7.96. The fraction of sp³-hybridized carbons (Fsp3) is 0.625. The molecule has 1 saturated heterocycles. The highest BCUT2D eigenvalue weighted by Gasteiger charge is 2.24. The molecular weight excluding hydrogens is 264 g/mol. The summed E-state index contributed by atoms with van der Waals surface area (Å²) in [6, 6.07) is 3.52. The summed E-state index contributed by atoms with van der Waals surface area (Å²) in [5, 5.41) is 0. The Morgan fingerprint density at radius 1 is 1.24 bits per heavy atom. The summed E-state index contributed by atoms with van der Waals surface area (Å²) in [7, 11) is 0. The van der Waals surface area contributed by atoms with Crippen LogP contribution in [0.2, 0.25) is 0 Å². The fourth-order valence-electron chi connectivity index (χ4n) is 3.54. The van der Waals surface area contributed by atoms with Crippen LogP contribution in [0.25, 0.3) is 0 Å². The van der Waals surface area contributed by atoms with E-state index in [1.165, 1.54) is 32.2 Å². The Morgan fingerprint density at radius 3 is 2.62 bits per heavy atom. The van der Waals surface area contributed by atoms with Crippen molar-refractivity contribution >= 4 is 11.7 Å². The molecule has 2 N–H and O–H groups in total. The molecule has 3 rings (SSSR count). The van der Waals surface area contributed by atoms with Gasteiger partial charge in [-0.15, -0.1) is 0 Å². The van der Waals surface area contributed by atoms with Crippen molar-refractivity contribution in [2.45, 2.75) is 25.7 Å². The third kappa shape index (κ3) is 3.35. The molecule has 1 aliphatic carbocycles. The maximum absolute atomic E-state index is 11.5. The van der Waals surface area contributed by atoms with Crippen LogP contribution in [-0.2, 0) is 0 Å². The van der Waals surface area contributed by atoms with E-state index in [1.54, 1.807) is 18.3 Å². The largest absolute Gasteiger partial charge is 0.365 e. The van der Waals surface area contributed by atoms with Crippen LogP contribution in [0.3, 0.4) is 0 Å². The zero-order chi connectivity index (χ0) is 14.7. The molecule has 2 heterocycles. The average Bonchev–Trinajstić information content (AvgIpc) is 3.01. The minimum absolute atomic E-state index is 0.397. The number of aromatic nitrogens is 1. The molecule has 0 unspecified atom stereocenters. The van der Waals surface area contributed by atoms with Crippen molar-refractivity contribution in [3.63, 3.8) is 0 Å². The number of amides is 1. The number of nitrogens with two attached hydrogens (primary N) is 1. The van der Waals surface area contributed by atoms with Crippen LogP contribution in [-0.4, -0.2) is 48.5 Å². The van der Waals surface area contributed by atoms with E-state index < -0.39 is 5.91 Å². The van der Waals surface area contributed by atoms with Gasteiger partial charge in [0, 0.05) is 38.9 Å². The molecule has 1 aromatic rings. The van der Waals surface area contributed by atoms with Crippen LogP contribution in [0.1, 0.15) is 36.0 Å². The maximum Gasteiger partial charge on any atom is 0.252 e. The smallest absolute Gasteiger partial charge is 0.252 e. The van der Waals surface area contributed by atoms with E-state index in [1.807, 2.05) is 0 Å². The van der Waals surface area contributed by atoms with Gasteiger partial charge in [0.25, 0.3) is 5.91 Å². The van der Waals surface area contributed by atoms with Crippen LogP contribution in [0.15, 0.2) is 18.3 Å². The zero-order valence-electron chi connectivity index (χ0n) is 12.5. The second-order valence-electron chi connectivity index (χ2n) is 6.18. The van der Waals surface area contributed by atoms with Gasteiger partial charge in [-0.2, -0.15) is 0 Å². The molecule has 0 atom stereocenters. The fourth-order valence-corrected chi connectivity index (χ4v) is 3.54. The number of pyridine rings is 1.